The van der Waals surface area contributed by atoms with Crippen LogP contribution in [-0.4, -0.2) is 12.9 Å². The second-order valence-electron chi connectivity index (χ2n) is 3.24. The molecule has 0 saturated carbocycles. The molecule has 1 aromatic rings. The monoisotopic (exact) mass is 256 g/mol. The highest BCUT2D eigenvalue weighted by molar-refractivity contribution is 6.73. The summed E-state index contributed by atoms with van der Waals surface area (Å²) in [6.45, 7) is -5.57. The minimum absolute atomic E-state index is 0.111. The van der Waals surface area contributed by atoms with Gasteiger partial charge in [-0.3, -0.25) is 4.79 Å². The Kier molecular flexibility index (Phi) is 3.13. The van der Waals surface area contributed by atoms with Gasteiger partial charge in [0.1, 0.15) is 0 Å². The zero-order valence-corrected chi connectivity index (χ0v) is 8.06. The molecule has 0 fully saturated rings. The minimum Gasteiger partial charge on any atom is -0.445 e. The third kappa shape index (κ3) is 2.92. The molecule has 1 amide bonds. The number of carbonyl (C=O) groups is 1. The molecule has 2 N–H and O–H groups in total. The van der Waals surface area contributed by atoms with Crippen molar-refractivity contribution >= 4 is 18.3 Å². The Balaban J connectivity index is 3.46. The largest absolute Gasteiger partial charge is 0.509 e. The van der Waals surface area contributed by atoms with Crippen molar-refractivity contribution < 1.29 is 30.9 Å². The van der Waals surface area contributed by atoms with Crippen LogP contribution in [-0.2, 0) is 6.18 Å². The second-order valence-corrected chi connectivity index (χ2v) is 3.24. The first-order valence-electron chi connectivity index (χ1n) is 4.24. The SMILES string of the molecule is NC(=O)c1ccc([B-](F)(F)F)cc1C(F)(F)F. The molecule has 17 heavy (non-hydrogen) atoms. The molecule has 1 aromatic carbocycles. The van der Waals surface area contributed by atoms with Crippen LogP contribution in [0.4, 0.5) is 26.1 Å². The van der Waals surface area contributed by atoms with E-state index in [9.17, 15) is 30.9 Å². The fraction of sp³-hybridized carbons (Fsp3) is 0.125. The van der Waals surface area contributed by atoms with Crippen LogP contribution < -0.4 is 11.2 Å². The molecule has 0 aromatic heterocycles. The molecule has 1 rings (SSSR count). The summed E-state index contributed by atoms with van der Waals surface area (Å²) in [5.74, 6) is -1.43. The third-order valence-electron chi connectivity index (χ3n) is 1.99. The molecule has 0 bridgehead atoms. The minimum atomic E-state index is -5.57. The molecule has 0 spiro atoms. The average molecular weight is 256 g/mol. The normalized spacial score (nSPS) is 12.6. The van der Waals surface area contributed by atoms with E-state index in [2.05, 4.69) is 5.73 Å². The van der Waals surface area contributed by atoms with E-state index in [0.29, 0.717) is 12.1 Å². The van der Waals surface area contributed by atoms with Crippen molar-refractivity contribution in [1.29, 1.82) is 0 Å². The number of halogens is 6. The van der Waals surface area contributed by atoms with Gasteiger partial charge in [0.2, 0.25) is 5.91 Å². The molecule has 0 heterocycles. The topological polar surface area (TPSA) is 43.1 Å². The number of nitrogens with two attached hydrogens (primary N) is 1. The van der Waals surface area contributed by atoms with Crippen molar-refractivity contribution in [2.45, 2.75) is 6.18 Å². The Morgan fingerprint density at radius 2 is 1.71 bits per heavy atom. The molecular weight excluding hydrogens is 251 g/mol. The number of primary amides is 1. The van der Waals surface area contributed by atoms with Gasteiger partial charge >= 0.3 is 13.2 Å². The zero-order valence-electron chi connectivity index (χ0n) is 8.06. The summed E-state index contributed by atoms with van der Waals surface area (Å²) in [6, 6.07) is 0.713. The summed E-state index contributed by atoms with van der Waals surface area (Å²) in [4.78, 5) is 10.7. The van der Waals surface area contributed by atoms with Crippen LogP contribution in [0.25, 0.3) is 0 Å². The summed E-state index contributed by atoms with van der Waals surface area (Å²) in [7, 11) is 0. The Labute approximate surface area is 91.5 Å². The molecule has 2 nitrogen and oxygen atoms in total. The van der Waals surface area contributed by atoms with E-state index in [1.54, 1.807) is 0 Å². The number of alkyl halides is 3. The first-order valence-corrected chi connectivity index (χ1v) is 4.24. The lowest BCUT2D eigenvalue weighted by Gasteiger charge is -2.18. The molecule has 0 radical (unpaired) electrons. The third-order valence-corrected chi connectivity index (χ3v) is 1.99. The maximum atomic E-state index is 12.4. The van der Waals surface area contributed by atoms with Gasteiger partial charge in [0, 0.05) is 0 Å². The lowest BCUT2D eigenvalue weighted by Crippen LogP contribution is -2.35. The van der Waals surface area contributed by atoms with Crippen LogP contribution in [0.15, 0.2) is 18.2 Å². The smallest absolute Gasteiger partial charge is 0.445 e. The Morgan fingerprint density at radius 1 is 1.18 bits per heavy atom. The maximum absolute atomic E-state index is 12.4. The predicted molar refractivity (Wildman–Crippen MR) is 48.7 cm³/mol. The molecule has 0 aliphatic rings. The first kappa shape index (κ1) is 13.4. The van der Waals surface area contributed by atoms with Crippen LogP contribution in [0.5, 0.6) is 0 Å². The average Bonchev–Trinajstić information content (AvgIpc) is 2.14. The quantitative estimate of drug-likeness (QED) is 0.636. The number of hydrogen-bond acceptors (Lipinski definition) is 1. The van der Waals surface area contributed by atoms with E-state index in [0.717, 1.165) is 0 Å². The highest BCUT2D eigenvalue weighted by Gasteiger charge is 2.37. The summed E-state index contributed by atoms with van der Waals surface area (Å²) in [5.41, 5.74) is 0.563. The zero-order chi connectivity index (χ0) is 13.4. The van der Waals surface area contributed by atoms with Crippen molar-refractivity contribution in [1.82, 2.24) is 0 Å². The van der Waals surface area contributed by atoms with Crippen LogP contribution in [0.1, 0.15) is 15.9 Å². The highest BCUT2D eigenvalue weighted by Crippen LogP contribution is 2.31. The van der Waals surface area contributed by atoms with Gasteiger partial charge in [0.05, 0.1) is 11.1 Å². The summed E-state index contributed by atoms with van der Waals surface area (Å²) in [6.07, 6.45) is -5.07. The van der Waals surface area contributed by atoms with Gasteiger partial charge in [-0.05, 0) is 0 Å². The van der Waals surface area contributed by atoms with E-state index in [-0.39, 0.29) is 6.07 Å². The van der Waals surface area contributed by atoms with Crippen LogP contribution >= 0.6 is 0 Å². The van der Waals surface area contributed by atoms with Gasteiger partial charge in [-0.2, -0.15) is 13.2 Å². The summed E-state index contributed by atoms with van der Waals surface area (Å²) >= 11 is 0. The lowest BCUT2D eigenvalue weighted by molar-refractivity contribution is -0.137. The first-order chi connectivity index (χ1) is 7.53. The Bertz CT molecular complexity index is 452. The standard InChI is InChI=1S/C8H5BF6NO/c10-8(11,12)6-3-4(9(13,14)15)1-2-5(6)7(16)17/h1-3H,(H2,16,17)/q-1. The van der Waals surface area contributed by atoms with Gasteiger partial charge in [0.15, 0.2) is 0 Å². The number of benzene rings is 1. The molecule has 0 atom stereocenters. The predicted octanol–water partition coefficient (Wildman–Crippen LogP) is 1.86. The van der Waals surface area contributed by atoms with Gasteiger partial charge < -0.3 is 18.7 Å². The fourth-order valence-corrected chi connectivity index (χ4v) is 1.21. The van der Waals surface area contributed by atoms with E-state index in [1.165, 1.54) is 0 Å². The Morgan fingerprint density at radius 3 is 2.06 bits per heavy atom. The van der Waals surface area contributed by atoms with E-state index in [1.807, 2.05) is 0 Å². The van der Waals surface area contributed by atoms with E-state index in [4.69, 9.17) is 0 Å². The molecule has 0 unspecified atom stereocenters. The fourth-order valence-electron chi connectivity index (χ4n) is 1.21. The van der Waals surface area contributed by atoms with Crippen molar-refractivity contribution in [3.63, 3.8) is 0 Å². The second kappa shape index (κ2) is 3.97. The van der Waals surface area contributed by atoms with E-state index >= 15 is 0 Å². The number of carbonyl (C=O) groups excluding carboxylic acids is 1. The molecule has 94 valence electrons. The van der Waals surface area contributed by atoms with Crippen molar-refractivity contribution in [2.75, 3.05) is 0 Å². The number of amides is 1. The molecule has 0 aliphatic carbocycles. The Hall–Kier alpha value is -1.67. The number of rotatable bonds is 2. The lowest BCUT2D eigenvalue weighted by atomic mass is 9.78. The van der Waals surface area contributed by atoms with Crippen molar-refractivity contribution in [2.24, 2.45) is 5.73 Å². The van der Waals surface area contributed by atoms with Gasteiger partial charge in [-0.1, -0.05) is 18.2 Å². The van der Waals surface area contributed by atoms with Gasteiger partial charge in [-0.15, -0.1) is 5.46 Å². The van der Waals surface area contributed by atoms with Gasteiger partial charge in [-0.25, -0.2) is 0 Å². The van der Waals surface area contributed by atoms with Crippen LogP contribution in [0, 0.1) is 0 Å². The van der Waals surface area contributed by atoms with Crippen LogP contribution in [0.2, 0.25) is 0 Å². The number of hydrogen-bond donors (Lipinski definition) is 1. The van der Waals surface area contributed by atoms with Crippen molar-refractivity contribution in [3.05, 3.63) is 29.3 Å². The van der Waals surface area contributed by atoms with Crippen LogP contribution in [0.3, 0.4) is 0 Å². The summed E-state index contributed by atoms with van der Waals surface area (Å²) in [5, 5.41) is 0. The molecule has 9 heteroatoms. The van der Waals surface area contributed by atoms with Gasteiger partial charge in [0.25, 0.3) is 0 Å². The van der Waals surface area contributed by atoms with E-state index < -0.39 is 35.7 Å². The molecular formula is C8H5BF6NO-. The summed E-state index contributed by atoms with van der Waals surface area (Å²) < 4.78 is 74.0. The molecule has 0 saturated heterocycles. The maximum Gasteiger partial charge on any atom is 0.509 e. The molecule has 0 aliphatic heterocycles. The highest BCUT2D eigenvalue weighted by atomic mass is 19.4. The van der Waals surface area contributed by atoms with Crippen molar-refractivity contribution in [3.8, 4) is 0 Å².